The van der Waals surface area contributed by atoms with Crippen LogP contribution in [0.3, 0.4) is 0 Å². The van der Waals surface area contributed by atoms with Crippen LogP contribution in [0.2, 0.25) is 0 Å². The van der Waals surface area contributed by atoms with Crippen molar-refractivity contribution in [2.24, 2.45) is 0 Å². The van der Waals surface area contributed by atoms with Gasteiger partial charge in [0.15, 0.2) is 11.5 Å². The van der Waals surface area contributed by atoms with Crippen molar-refractivity contribution in [2.45, 2.75) is 38.1 Å². The number of hydrogen-bond donors (Lipinski definition) is 0. The number of ether oxygens (including phenoxy) is 1. The highest BCUT2D eigenvalue weighted by atomic mass is 16.5. The first-order chi connectivity index (χ1) is 16.1. The van der Waals surface area contributed by atoms with E-state index >= 15 is 0 Å². The molecule has 0 bridgehead atoms. The monoisotopic (exact) mass is 446 g/mol. The van der Waals surface area contributed by atoms with Crippen molar-refractivity contribution in [2.75, 3.05) is 20.2 Å². The fourth-order valence-electron chi connectivity index (χ4n) is 4.45. The third-order valence-corrected chi connectivity index (χ3v) is 6.27. The molecule has 0 saturated carbocycles. The van der Waals surface area contributed by atoms with Gasteiger partial charge in [0.1, 0.15) is 23.1 Å². The van der Waals surface area contributed by atoms with Crippen LogP contribution in [0.15, 0.2) is 52.9 Å². The molecule has 0 spiro atoms. The summed E-state index contributed by atoms with van der Waals surface area (Å²) in [6.07, 6.45) is 2.09. The molecule has 4 aromatic rings. The molecule has 1 fully saturated rings. The van der Waals surface area contributed by atoms with Crippen molar-refractivity contribution in [3.8, 4) is 5.75 Å². The van der Waals surface area contributed by atoms with Crippen LogP contribution in [0.5, 0.6) is 5.75 Å². The Labute approximate surface area is 191 Å². The first-order valence-electron chi connectivity index (χ1n) is 11.1. The third kappa shape index (κ3) is 4.30. The van der Waals surface area contributed by atoms with Crippen molar-refractivity contribution in [3.63, 3.8) is 0 Å². The minimum Gasteiger partial charge on any atom is -0.497 e. The van der Waals surface area contributed by atoms with Crippen LogP contribution >= 0.6 is 0 Å². The Bertz CT molecular complexity index is 1220. The van der Waals surface area contributed by atoms with Gasteiger partial charge in [-0.1, -0.05) is 24.3 Å². The maximum atomic E-state index is 13.6. The number of hydrogen-bond acceptors (Lipinski definition) is 7. The quantitative estimate of drug-likeness (QED) is 0.448. The van der Waals surface area contributed by atoms with Gasteiger partial charge < -0.3 is 14.1 Å². The van der Waals surface area contributed by atoms with Gasteiger partial charge in [-0.3, -0.25) is 4.79 Å². The lowest BCUT2D eigenvalue weighted by Crippen LogP contribution is -2.43. The number of rotatable bonds is 6. The van der Waals surface area contributed by atoms with Gasteiger partial charge in [0.25, 0.3) is 0 Å². The Morgan fingerprint density at radius 2 is 2.00 bits per heavy atom. The van der Waals surface area contributed by atoms with Crippen LogP contribution in [-0.4, -0.2) is 56.2 Å². The largest absolute Gasteiger partial charge is 0.497 e. The summed E-state index contributed by atoms with van der Waals surface area (Å²) in [7, 11) is 1.63. The zero-order chi connectivity index (χ0) is 22.8. The standard InChI is InChI=1S/C24H26N6O3/c1-16-26-27-28-30(16)21(15-17-6-5-7-19(14-17)32-2)24(31)29-12-10-18(11-13-29)23-25-20-8-3-4-9-22(20)33-23/h3-9,14,18,21H,10-13,15H2,1-2H3/t21-/m0/s1. The van der Waals surface area contributed by atoms with Crippen molar-refractivity contribution in [1.29, 1.82) is 0 Å². The minimum absolute atomic E-state index is 0.0178. The highest BCUT2D eigenvalue weighted by molar-refractivity contribution is 5.81. The Balaban J connectivity index is 1.32. The van der Waals surface area contributed by atoms with E-state index in [1.807, 2.05) is 60.4 Å². The molecule has 9 nitrogen and oxygen atoms in total. The van der Waals surface area contributed by atoms with Crippen LogP contribution in [0, 0.1) is 6.92 Å². The van der Waals surface area contributed by atoms with Crippen molar-refractivity contribution in [3.05, 3.63) is 65.8 Å². The van der Waals surface area contributed by atoms with E-state index in [1.54, 1.807) is 11.8 Å². The summed E-state index contributed by atoms with van der Waals surface area (Å²) in [6.45, 7) is 3.08. The van der Waals surface area contributed by atoms with Gasteiger partial charge in [0, 0.05) is 25.4 Å². The van der Waals surface area contributed by atoms with Crippen molar-refractivity contribution in [1.82, 2.24) is 30.1 Å². The predicted octanol–water partition coefficient (Wildman–Crippen LogP) is 3.32. The van der Waals surface area contributed by atoms with E-state index in [-0.39, 0.29) is 11.8 Å². The molecule has 2 aromatic heterocycles. The van der Waals surface area contributed by atoms with Gasteiger partial charge in [-0.2, -0.15) is 0 Å². The van der Waals surface area contributed by atoms with E-state index in [1.165, 1.54) is 0 Å². The van der Waals surface area contributed by atoms with Gasteiger partial charge in [0.05, 0.1) is 7.11 Å². The normalized spacial score (nSPS) is 15.6. The average Bonchev–Trinajstić information content (AvgIpc) is 3.48. The molecule has 1 aliphatic rings. The molecule has 0 radical (unpaired) electrons. The Morgan fingerprint density at radius 3 is 2.73 bits per heavy atom. The topological polar surface area (TPSA) is 99.2 Å². The average molecular weight is 447 g/mol. The number of fused-ring (bicyclic) bond motifs is 1. The van der Waals surface area contributed by atoms with E-state index in [0.717, 1.165) is 41.1 Å². The highest BCUT2D eigenvalue weighted by Crippen LogP contribution is 2.31. The fourth-order valence-corrected chi connectivity index (χ4v) is 4.45. The third-order valence-electron chi connectivity index (χ3n) is 6.27. The Hall–Kier alpha value is -3.75. The predicted molar refractivity (Wildman–Crippen MR) is 121 cm³/mol. The first-order valence-corrected chi connectivity index (χ1v) is 11.1. The minimum atomic E-state index is -0.520. The lowest BCUT2D eigenvalue weighted by molar-refractivity contribution is -0.136. The lowest BCUT2D eigenvalue weighted by atomic mass is 9.95. The first kappa shape index (κ1) is 21.1. The van der Waals surface area contributed by atoms with Crippen LogP contribution in [-0.2, 0) is 11.2 Å². The number of methoxy groups -OCH3 is 1. The molecule has 5 rings (SSSR count). The number of amides is 1. The van der Waals surface area contributed by atoms with Crippen molar-refractivity contribution >= 4 is 17.0 Å². The maximum absolute atomic E-state index is 13.6. The summed E-state index contributed by atoms with van der Waals surface area (Å²) in [6, 6.07) is 15.0. The molecule has 3 heterocycles. The summed E-state index contributed by atoms with van der Waals surface area (Å²) in [4.78, 5) is 20.2. The van der Waals surface area contributed by atoms with Crippen LogP contribution in [0.25, 0.3) is 11.1 Å². The van der Waals surface area contributed by atoms with Crippen LogP contribution in [0.1, 0.15) is 42.1 Å². The number of carbonyl (C=O) groups is 1. The second kappa shape index (κ2) is 9.01. The maximum Gasteiger partial charge on any atom is 0.247 e. The molecule has 0 N–H and O–H groups in total. The summed E-state index contributed by atoms with van der Waals surface area (Å²) in [5, 5.41) is 11.9. The molecule has 9 heteroatoms. The second-order valence-corrected chi connectivity index (χ2v) is 8.36. The van der Waals surface area contributed by atoms with Gasteiger partial charge in [-0.05, 0) is 60.0 Å². The van der Waals surface area contributed by atoms with E-state index in [0.29, 0.717) is 25.3 Å². The molecule has 1 aliphatic heterocycles. The van der Waals surface area contributed by atoms with Crippen LogP contribution in [0.4, 0.5) is 0 Å². The SMILES string of the molecule is COc1cccc(C[C@@H](C(=O)N2CCC(c3nc4ccccc4o3)CC2)n2nnnc2C)c1. The van der Waals surface area contributed by atoms with E-state index in [4.69, 9.17) is 9.15 Å². The highest BCUT2D eigenvalue weighted by Gasteiger charge is 2.33. The number of para-hydroxylation sites is 2. The van der Waals surface area contributed by atoms with Crippen LogP contribution < -0.4 is 4.74 Å². The molecule has 0 unspecified atom stereocenters. The summed E-state index contributed by atoms with van der Waals surface area (Å²) >= 11 is 0. The van der Waals surface area contributed by atoms with Gasteiger partial charge in [-0.25, -0.2) is 9.67 Å². The summed E-state index contributed by atoms with van der Waals surface area (Å²) in [5.74, 6) is 2.34. The molecular weight excluding hydrogens is 420 g/mol. The Kier molecular flexibility index (Phi) is 5.77. The zero-order valence-electron chi connectivity index (χ0n) is 18.7. The fraction of sp³-hybridized carbons (Fsp3) is 0.375. The molecule has 1 atom stereocenters. The number of piperidine rings is 1. The molecule has 1 amide bonds. The van der Waals surface area contributed by atoms with Crippen molar-refractivity contribution < 1.29 is 13.9 Å². The molecule has 0 aliphatic carbocycles. The summed E-state index contributed by atoms with van der Waals surface area (Å²) < 4.78 is 12.9. The van der Waals surface area contributed by atoms with E-state index in [9.17, 15) is 4.79 Å². The van der Waals surface area contributed by atoms with Gasteiger partial charge >= 0.3 is 0 Å². The number of benzene rings is 2. The zero-order valence-corrected chi connectivity index (χ0v) is 18.7. The second-order valence-electron chi connectivity index (χ2n) is 8.36. The lowest BCUT2D eigenvalue weighted by Gasteiger charge is -2.33. The molecule has 170 valence electrons. The molecule has 33 heavy (non-hydrogen) atoms. The number of likely N-dealkylation sites (tertiary alicyclic amines) is 1. The Morgan fingerprint density at radius 1 is 1.18 bits per heavy atom. The number of carbonyl (C=O) groups excluding carboxylic acids is 1. The number of aromatic nitrogens is 5. The number of oxazole rings is 1. The molecular formula is C24H26N6O3. The number of tetrazole rings is 1. The smallest absolute Gasteiger partial charge is 0.247 e. The molecule has 2 aromatic carbocycles. The van der Waals surface area contributed by atoms with Gasteiger partial charge in [-0.15, -0.1) is 5.10 Å². The molecule has 1 saturated heterocycles. The summed E-state index contributed by atoms with van der Waals surface area (Å²) in [5.41, 5.74) is 2.67. The van der Waals surface area contributed by atoms with E-state index < -0.39 is 6.04 Å². The number of nitrogens with zero attached hydrogens (tertiary/aromatic N) is 6. The number of aryl methyl sites for hydroxylation is 1. The van der Waals surface area contributed by atoms with Gasteiger partial charge in [0.2, 0.25) is 5.91 Å². The van der Waals surface area contributed by atoms with E-state index in [2.05, 4.69) is 20.5 Å².